The Morgan fingerprint density at radius 2 is 1.67 bits per heavy atom. The SMILES string of the molecule is COc1ccc(C(=O)COc2ccc(Cl)cc2N2C(=O)[C@H]3CCCC[C@@H]3C2=O)cc1. The van der Waals surface area contributed by atoms with E-state index >= 15 is 0 Å². The zero-order valence-electron chi connectivity index (χ0n) is 16.6. The molecule has 4 rings (SSSR count). The number of Topliss-reactive ketones (excluding diaryl/α,β-unsaturated/α-hetero) is 1. The second-order valence-corrected chi connectivity index (χ2v) is 8.00. The fourth-order valence-electron chi connectivity index (χ4n) is 4.19. The molecular weight excluding hydrogens is 406 g/mol. The van der Waals surface area contributed by atoms with Crippen LogP contribution in [0.4, 0.5) is 5.69 Å². The molecule has 0 radical (unpaired) electrons. The number of imide groups is 1. The summed E-state index contributed by atoms with van der Waals surface area (Å²) in [5.41, 5.74) is 0.778. The fourth-order valence-corrected chi connectivity index (χ4v) is 4.36. The van der Waals surface area contributed by atoms with Gasteiger partial charge in [0.15, 0.2) is 12.4 Å². The molecule has 1 heterocycles. The summed E-state index contributed by atoms with van der Waals surface area (Å²) in [5, 5.41) is 0.384. The van der Waals surface area contributed by atoms with Gasteiger partial charge in [-0.05, 0) is 55.3 Å². The highest BCUT2D eigenvalue weighted by atomic mass is 35.5. The zero-order valence-corrected chi connectivity index (χ0v) is 17.4. The summed E-state index contributed by atoms with van der Waals surface area (Å²) in [6.07, 6.45) is 3.34. The van der Waals surface area contributed by atoms with Crippen LogP contribution >= 0.6 is 11.6 Å². The number of carbonyl (C=O) groups is 3. The van der Waals surface area contributed by atoms with Gasteiger partial charge in [-0.3, -0.25) is 14.4 Å². The summed E-state index contributed by atoms with van der Waals surface area (Å²) >= 11 is 6.15. The van der Waals surface area contributed by atoms with Crippen molar-refractivity contribution in [2.24, 2.45) is 11.8 Å². The maximum absolute atomic E-state index is 13.0. The Morgan fingerprint density at radius 1 is 1.03 bits per heavy atom. The number of carbonyl (C=O) groups excluding carboxylic acids is 3. The molecule has 2 amide bonds. The van der Waals surface area contributed by atoms with E-state index in [4.69, 9.17) is 21.1 Å². The van der Waals surface area contributed by atoms with Crippen LogP contribution in [0.3, 0.4) is 0 Å². The number of amides is 2. The highest BCUT2D eigenvalue weighted by Gasteiger charge is 2.49. The van der Waals surface area contributed by atoms with Gasteiger partial charge in [-0.1, -0.05) is 24.4 Å². The number of fused-ring (bicyclic) bond motifs is 1. The van der Waals surface area contributed by atoms with Crippen molar-refractivity contribution < 1.29 is 23.9 Å². The van der Waals surface area contributed by atoms with E-state index in [1.54, 1.807) is 49.6 Å². The minimum Gasteiger partial charge on any atom is -0.497 e. The van der Waals surface area contributed by atoms with Crippen molar-refractivity contribution in [2.75, 3.05) is 18.6 Å². The molecule has 156 valence electrons. The Morgan fingerprint density at radius 3 is 2.27 bits per heavy atom. The number of benzene rings is 2. The first kappa shape index (κ1) is 20.4. The molecule has 0 aromatic heterocycles. The second-order valence-electron chi connectivity index (χ2n) is 7.56. The van der Waals surface area contributed by atoms with Crippen LogP contribution in [0.25, 0.3) is 0 Å². The van der Waals surface area contributed by atoms with Gasteiger partial charge in [0.25, 0.3) is 0 Å². The maximum atomic E-state index is 13.0. The van der Waals surface area contributed by atoms with Gasteiger partial charge >= 0.3 is 0 Å². The molecule has 2 fully saturated rings. The van der Waals surface area contributed by atoms with E-state index in [-0.39, 0.29) is 41.8 Å². The van der Waals surface area contributed by atoms with Crippen molar-refractivity contribution >= 4 is 34.9 Å². The summed E-state index contributed by atoms with van der Waals surface area (Å²) in [6.45, 7) is -0.232. The summed E-state index contributed by atoms with van der Waals surface area (Å²) in [6, 6.07) is 11.4. The standard InChI is InChI=1S/C23H22ClNO5/c1-29-16-9-6-14(7-10-16)20(26)13-30-21-11-8-15(24)12-19(21)25-22(27)17-4-2-3-5-18(17)23(25)28/h6-12,17-18H,2-5,13H2,1H3/t17-,18-/m0/s1. The molecule has 7 heteroatoms. The van der Waals surface area contributed by atoms with Gasteiger partial charge < -0.3 is 9.47 Å². The molecule has 0 bridgehead atoms. The molecule has 1 saturated carbocycles. The molecule has 2 aliphatic rings. The first-order valence-electron chi connectivity index (χ1n) is 9.97. The third-order valence-corrected chi connectivity index (χ3v) is 6.01. The number of hydrogen-bond acceptors (Lipinski definition) is 5. The largest absolute Gasteiger partial charge is 0.497 e. The number of anilines is 1. The molecule has 1 saturated heterocycles. The predicted octanol–water partition coefficient (Wildman–Crippen LogP) is 4.29. The lowest BCUT2D eigenvalue weighted by Gasteiger charge is -2.19. The molecule has 0 N–H and O–H groups in total. The summed E-state index contributed by atoms with van der Waals surface area (Å²) in [7, 11) is 1.55. The van der Waals surface area contributed by atoms with E-state index in [0.29, 0.717) is 22.0 Å². The molecule has 0 spiro atoms. The Balaban J connectivity index is 1.55. The van der Waals surface area contributed by atoms with Crippen molar-refractivity contribution in [1.82, 2.24) is 0 Å². The van der Waals surface area contributed by atoms with Crippen LogP contribution in [0.5, 0.6) is 11.5 Å². The quantitative estimate of drug-likeness (QED) is 0.508. The molecule has 1 aliphatic carbocycles. The van der Waals surface area contributed by atoms with Crippen LogP contribution < -0.4 is 14.4 Å². The number of hydrogen-bond donors (Lipinski definition) is 0. The first-order chi connectivity index (χ1) is 14.5. The predicted molar refractivity (Wildman–Crippen MR) is 112 cm³/mol. The lowest BCUT2D eigenvalue weighted by molar-refractivity contribution is -0.122. The topological polar surface area (TPSA) is 72.9 Å². The normalized spacial score (nSPS) is 20.8. The molecule has 0 unspecified atom stereocenters. The number of rotatable bonds is 6. The Kier molecular flexibility index (Phi) is 5.77. The highest BCUT2D eigenvalue weighted by Crippen LogP contribution is 2.43. The lowest BCUT2D eigenvalue weighted by atomic mass is 9.81. The second kappa shape index (κ2) is 8.48. The Labute approximate surface area is 179 Å². The minimum atomic E-state index is -0.279. The van der Waals surface area contributed by atoms with E-state index in [2.05, 4.69) is 0 Å². The molecular formula is C23H22ClNO5. The zero-order chi connectivity index (χ0) is 21.3. The van der Waals surface area contributed by atoms with Gasteiger partial charge in [0.2, 0.25) is 11.8 Å². The molecule has 6 nitrogen and oxygen atoms in total. The number of ether oxygens (including phenoxy) is 2. The van der Waals surface area contributed by atoms with Crippen LogP contribution in [0.1, 0.15) is 36.0 Å². The first-order valence-corrected chi connectivity index (χ1v) is 10.3. The number of nitrogens with zero attached hydrogens (tertiary/aromatic N) is 1. The van der Waals surface area contributed by atoms with E-state index in [9.17, 15) is 14.4 Å². The molecule has 1 aliphatic heterocycles. The van der Waals surface area contributed by atoms with Crippen molar-refractivity contribution in [3.8, 4) is 11.5 Å². The van der Waals surface area contributed by atoms with Gasteiger partial charge in [0.1, 0.15) is 11.5 Å². The average Bonchev–Trinajstić information content (AvgIpc) is 3.03. The van der Waals surface area contributed by atoms with E-state index < -0.39 is 0 Å². The van der Waals surface area contributed by atoms with Crippen LogP contribution in [-0.4, -0.2) is 31.3 Å². The van der Waals surface area contributed by atoms with Gasteiger partial charge in [0, 0.05) is 10.6 Å². The van der Waals surface area contributed by atoms with E-state index in [1.165, 1.54) is 4.90 Å². The lowest BCUT2D eigenvalue weighted by Crippen LogP contribution is -2.31. The van der Waals surface area contributed by atoms with Crippen LogP contribution in [-0.2, 0) is 9.59 Å². The van der Waals surface area contributed by atoms with Gasteiger partial charge in [-0.25, -0.2) is 4.90 Å². The molecule has 2 atom stereocenters. The third-order valence-electron chi connectivity index (χ3n) is 5.77. The van der Waals surface area contributed by atoms with Crippen molar-refractivity contribution in [3.05, 3.63) is 53.1 Å². The minimum absolute atomic E-state index is 0.210. The number of ketones is 1. The Bertz CT molecular complexity index is 964. The maximum Gasteiger partial charge on any atom is 0.237 e. The Hall–Kier alpha value is -2.86. The van der Waals surface area contributed by atoms with E-state index in [0.717, 1.165) is 25.7 Å². The van der Waals surface area contributed by atoms with Crippen LogP contribution in [0.15, 0.2) is 42.5 Å². The average molecular weight is 428 g/mol. The van der Waals surface area contributed by atoms with Crippen LogP contribution in [0, 0.1) is 11.8 Å². The van der Waals surface area contributed by atoms with Gasteiger partial charge in [-0.2, -0.15) is 0 Å². The molecule has 2 aromatic rings. The monoisotopic (exact) mass is 427 g/mol. The summed E-state index contributed by atoms with van der Waals surface area (Å²) in [5.74, 6) is -0.275. The third kappa shape index (κ3) is 3.79. The fraction of sp³-hybridized carbons (Fsp3) is 0.348. The van der Waals surface area contributed by atoms with Crippen molar-refractivity contribution in [2.45, 2.75) is 25.7 Å². The van der Waals surface area contributed by atoms with Gasteiger partial charge in [-0.15, -0.1) is 0 Å². The smallest absolute Gasteiger partial charge is 0.237 e. The summed E-state index contributed by atoms with van der Waals surface area (Å²) < 4.78 is 10.8. The molecule has 30 heavy (non-hydrogen) atoms. The molecule has 2 aromatic carbocycles. The van der Waals surface area contributed by atoms with Gasteiger partial charge in [0.05, 0.1) is 24.6 Å². The number of methoxy groups -OCH3 is 1. The summed E-state index contributed by atoms with van der Waals surface area (Å²) in [4.78, 5) is 39.6. The van der Waals surface area contributed by atoms with Crippen LogP contribution in [0.2, 0.25) is 5.02 Å². The van der Waals surface area contributed by atoms with Crippen molar-refractivity contribution in [3.63, 3.8) is 0 Å². The number of halogens is 1. The van der Waals surface area contributed by atoms with Crippen molar-refractivity contribution in [1.29, 1.82) is 0 Å². The highest BCUT2D eigenvalue weighted by molar-refractivity contribution is 6.31. The van der Waals surface area contributed by atoms with E-state index in [1.807, 2.05) is 0 Å².